The molecule has 5 nitrogen and oxygen atoms in total. The fourth-order valence-electron chi connectivity index (χ4n) is 2.06. The lowest BCUT2D eigenvalue weighted by Gasteiger charge is -2.11. The van der Waals surface area contributed by atoms with Crippen LogP contribution in [0.2, 0.25) is 0 Å². The molecule has 0 fully saturated rings. The Balaban J connectivity index is 1.97. The normalized spacial score (nSPS) is 12.8. The maximum absolute atomic E-state index is 12.1. The summed E-state index contributed by atoms with van der Waals surface area (Å²) in [5.41, 5.74) is 1.13. The van der Waals surface area contributed by atoms with Crippen molar-refractivity contribution in [2.45, 2.75) is 19.4 Å². The summed E-state index contributed by atoms with van der Waals surface area (Å²) in [7, 11) is -3.11. The fraction of sp³-hybridized carbons (Fsp3) is 0.333. The van der Waals surface area contributed by atoms with Crippen molar-refractivity contribution in [3.8, 4) is 0 Å². The summed E-state index contributed by atoms with van der Waals surface area (Å²) in [6.07, 6.45) is 3.36. The second kappa shape index (κ2) is 7.02. The van der Waals surface area contributed by atoms with Gasteiger partial charge < -0.3 is 5.32 Å². The molecule has 0 aliphatic heterocycles. The van der Waals surface area contributed by atoms with E-state index in [4.69, 9.17) is 0 Å². The van der Waals surface area contributed by atoms with Crippen molar-refractivity contribution in [3.05, 3.63) is 52.0 Å². The van der Waals surface area contributed by atoms with Crippen LogP contribution in [0, 0.1) is 0 Å². The van der Waals surface area contributed by atoms with Crippen LogP contribution in [0.3, 0.4) is 0 Å². The molecule has 1 atom stereocenters. The fourth-order valence-corrected chi connectivity index (χ4v) is 3.90. The molecule has 0 saturated heterocycles. The first kappa shape index (κ1) is 16.6. The number of nitrogens with one attached hydrogen (secondary N) is 1. The van der Waals surface area contributed by atoms with Gasteiger partial charge in [-0.25, -0.2) is 13.4 Å². The smallest absolute Gasteiger partial charge is 0.263 e. The average molecular weight is 338 g/mol. The molecule has 118 valence electrons. The van der Waals surface area contributed by atoms with Crippen LogP contribution in [0.15, 0.2) is 36.5 Å². The molecule has 7 heteroatoms. The van der Waals surface area contributed by atoms with E-state index < -0.39 is 15.9 Å². The van der Waals surface area contributed by atoms with Gasteiger partial charge in [-0.05, 0) is 12.5 Å². The van der Waals surface area contributed by atoms with Gasteiger partial charge in [0.05, 0.1) is 17.0 Å². The molecule has 1 aromatic heterocycles. The molecule has 0 saturated carbocycles. The number of carbonyl (C=O) groups excluding carboxylic acids is 1. The summed E-state index contributed by atoms with van der Waals surface area (Å²) in [5, 5.41) is 3.54. The Morgan fingerprint density at radius 3 is 2.64 bits per heavy atom. The van der Waals surface area contributed by atoms with E-state index in [1.165, 1.54) is 17.5 Å². The minimum Gasteiger partial charge on any atom is -0.348 e. The van der Waals surface area contributed by atoms with Gasteiger partial charge in [0.25, 0.3) is 5.91 Å². The maximum Gasteiger partial charge on any atom is 0.263 e. The number of nitrogens with zero attached hydrogens (tertiary/aromatic N) is 1. The molecule has 1 amide bonds. The molecule has 0 aliphatic rings. The Hall–Kier alpha value is -1.73. The van der Waals surface area contributed by atoms with E-state index in [2.05, 4.69) is 10.3 Å². The highest BCUT2D eigenvalue weighted by Crippen LogP contribution is 2.17. The Morgan fingerprint density at radius 1 is 1.32 bits per heavy atom. The summed E-state index contributed by atoms with van der Waals surface area (Å²) in [6.45, 7) is 1.67. The van der Waals surface area contributed by atoms with Gasteiger partial charge in [-0.1, -0.05) is 30.3 Å². The number of thiazole rings is 1. The number of carbonyl (C=O) groups is 1. The third-order valence-corrected chi connectivity index (χ3v) is 5.01. The first-order chi connectivity index (χ1) is 10.3. The highest BCUT2D eigenvalue weighted by molar-refractivity contribution is 7.90. The third-order valence-electron chi connectivity index (χ3n) is 2.91. The Kier molecular flexibility index (Phi) is 5.31. The van der Waals surface area contributed by atoms with Gasteiger partial charge in [-0.3, -0.25) is 4.79 Å². The molecule has 0 radical (unpaired) electrons. The largest absolute Gasteiger partial charge is 0.348 e. The van der Waals surface area contributed by atoms with Gasteiger partial charge in [0, 0.05) is 18.7 Å². The third kappa shape index (κ3) is 5.23. The number of benzene rings is 1. The van der Waals surface area contributed by atoms with E-state index in [-0.39, 0.29) is 11.7 Å². The summed E-state index contributed by atoms with van der Waals surface area (Å²) >= 11 is 1.32. The van der Waals surface area contributed by atoms with Crippen LogP contribution in [-0.4, -0.2) is 37.4 Å². The van der Waals surface area contributed by atoms with Gasteiger partial charge in [-0.2, -0.15) is 0 Å². The van der Waals surface area contributed by atoms with Gasteiger partial charge in [0.1, 0.15) is 14.7 Å². The standard InChI is InChI=1S/C15H18N2O3S2/c1-11(10-22(2,19)20)17-15(18)13-9-16-14(21-13)8-12-6-4-3-5-7-12/h3-7,9,11H,8,10H2,1-2H3,(H,17,18)/t11-/m0/s1. The summed E-state index contributed by atoms with van der Waals surface area (Å²) in [5.74, 6) is -0.359. The van der Waals surface area contributed by atoms with Gasteiger partial charge in [0.15, 0.2) is 0 Å². The van der Waals surface area contributed by atoms with E-state index in [0.717, 1.165) is 16.8 Å². The second-order valence-electron chi connectivity index (χ2n) is 5.25. The number of hydrogen-bond donors (Lipinski definition) is 1. The number of amides is 1. The zero-order chi connectivity index (χ0) is 16.2. The highest BCUT2D eigenvalue weighted by atomic mass is 32.2. The van der Waals surface area contributed by atoms with Crippen molar-refractivity contribution in [2.24, 2.45) is 0 Å². The van der Waals surface area contributed by atoms with Crippen LogP contribution >= 0.6 is 11.3 Å². The minimum absolute atomic E-state index is 0.0750. The van der Waals surface area contributed by atoms with Gasteiger partial charge >= 0.3 is 0 Å². The molecular formula is C15H18N2O3S2. The molecule has 1 N–H and O–H groups in total. The topological polar surface area (TPSA) is 76.1 Å². The number of aromatic nitrogens is 1. The second-order valence-corrected chi connectivity index (χ2v) is 8.55. The van der Waals surface area contributed by atoms with Crippen LogP contribution in [0.1, 0.15) is 27.2 Å². The van der Waals surface area contributed by atoms with Crippen LogP contribution in [-0.2, 0) is 16.3 Å². The van der Waals surface area contributed by atoms with Crippen molar-refractivity contribution in [3.63, 3.8) is 0 Å². The van der Waals surface area contributed by atoms with Gasteiger partial charge in [-0.15, -0.1) is 11.3 Å². The van der Waals surface area contributed by atoms with Crippen molar-refractivity contribution >= 4 is 27.1 Å². The minimum atomic E-state index is -3.11. The molecule has 1 heterocycles. The summed E-state index contributed by atoms with van der Waals surface area (Å²) < 4.78 is 22.4. The van der Waals surface area contributed by atoms with Gasteiger partial charge in [0.2, 0.25) is 0 Å². The van der Waals surface area contributed by atoms with Crippen LogP contribution in [0.5, 0.6) is 0 Å². The van der Waals surface area contributed by atoms with E-state index >= 15 is 0 Å². The molecule has 2 rings (SSSR count). The van der Waals surface area contributed by atoms with Crippen molar-refractivity contribution in [1.82, 2.24) is 10.3 Å². The number of hydrogen-bond acceptors (Lipinski definition) is 5. The number of sulfone groups is 1. The van der Waals surface area contributed by atoms with E-state index in [0.29, 0.717) is 11.3 Å². The summed E-state index contributed by atoms with van der Waals surface area (Å²) in [6, 6.07) is 9.47. The lowest BCUT2D eigenvalue weighted by atomic mass is 10.2. The SMILES string of the molecule is C[C@@H](CS(C)(=O)=O)NC(=O)c1cnc(Cc2ccccc2)s1. The van der Waals surface area contributed by atoms with E-state index in [1.54, 1.807) is 6.92 Å². The Morgan fingerprint density at radius 2 is 2.00 bits per heavy atom. The first-order valence-corrected chi connectivity index (χ1v) is 9.68. The monoisotopic (exact) mass is 338 g/mol. The van der Waals surface area contributed by atoms with Crippen molar-refractivity contribution in [1.29, 1.82) is 0 Å². The predicted molar refractivity (Wildman–Crippen MR) is 88.0 cm³/mol. The van der Waals surface area contributed by atoms with E-state index in [1.807, 2.05) is 30.3 Å². The average Bonchev–Trinajstić information content (AvgIpc) is 2.86. The molecule has 1 aromatic carbocycles. The molecule has 0 aliphatic carbocycles. The van der Waals surface area contributed by atoms with Crippen molar-refractivity contribution in [2.75, 3.05) is 12.0 Å². The van der Waals surface area contributed by atoms with Crippen molar-refractivity contribution < 1.29 is 13.2 Å². The van der Waals surface area contributed by atoms with Crippen LogP contribution in [0.4, 0.5) is 0 Å². The lowest BCUT2D eigenvalue weighted by molar-refractivity contribution is 0.0947. The molecule has 2 aromatic rings. The molecule has 0 spiro atoms. The lowest BCUT2D eigenvalue weighted by Crippen LogP contribution is -2.36. The Labute approximate surface area is 134 Å². The van der Waals surface area contributed by atoms with Crippen LogP contribution < -0.4 is 5.32 Å². The number of rotatable bonds is 6. The first-order valence-electron chi connectivity index (χ1n) is 6.81. The quantitative estimate of drug-likeness (QED) is 0.873. The predicted octanol–water partition coefficient (Wildman–Crippen LogP) is 1.90. The maximum atomic E-state index is 12.1. The Bertz CT molecular complexity index is 739. The molecule has 22 heavy (non-hydrogen) atoms. The molecule has 0 unspecified atom stereocenters. The zero-order valence-corrected chi connectivity index (χ0v) is 14.1. The summed E-state index contributed by atoms with van der Waals surface area (Å²) in [4.78, 5) is 16.8. The van der Waals surface area contributed by atoms with Crippen LogP contribution in [0.25, 0.3) is 0 Å². The molecule has 0 bridgehead atoms. The van der Waals surface area contributed by atoms with E-state index in [9.17, 15) is 13.2 Å². The molecular weight excluding hydrogens is 320 g/mol. The highest BCUT2D eigenvalue weighted by Gasteiger charge is 2.16. The zero-order valence-electron chi connectivity index (χ0n) is 12.4.